The van der Waals surface area contributed by atoms with E-state index < -0.39 is 0 Å². The lowest BCUT2D eigenvalue weighted by Gasteiger charge is -2.27. The molecule has 4 aromatic heterocycles. The van der Waals surface area contributed by atoms with Gasteiger partial charge in [-0.3, -0.25) is 0 Å². The maximum Gasteiger partial charge on any atom is 0.148 e. The first-order chi connectivity index (χ1) is 70.9. The predicted octanol–water partition coefficient (Wildman–Crippen LogP) is 36.4. The third-order valence-corrected chi connectivity index (χ3v) is 30.2. The fourth-order valence-electron chi connectivity index (χ4n) is 22.2. The highest BCUT2D eigenvalue weighted by atomic mass is 32.1. The highest BCUT2D eigenvalue weighted by molar-refractivity contribution is 7.25. The smallest absolute Gasteiger partial charge is 0.148 e. The minimum absolute atomic E-state index is 0.0101. The molecule has 6 heterocycles. The lowest BCUT2D eigenvalue weighted by molar-refractivity contribution is 0.269. The van der Waals surface area contributed by atoms with Gasteiger partial charge < -0.3 is 37.9 Å². The first-order valence-electron chi connectivity index (χ1n) is 49.1. The van der Waals surface area contributed by atoms with Gasteiger partial charge in [0.05, 0.1) is 38.8 Å². The number of aromatic nitrogens is 3. The molecule has 143 heavy (non-hydrogen) atoms. The van der Waals surface area contributed by atoms with Gasteiger partial charge in [-0.1, -0.05) is 322 Å². The van der Waals surface area contributed by atoms with E-state index in [1.807, 2.05) is 11.3 Å². The van der Waals surface area contributed by atoms with Crippen molar-refractivity contribution in [3.8, 4) is 61.9 Å². The zero-order valence-electron chi connectivity index (χ0n) is 78.0. The molecule has 0 radical (unpaired) electrons. The van der Waals surface area contributed by atoms with Crippen molar-refractivity contribution in [1.82, 2.24) is 13.7 Å². The standard InChI is InChI=1S/2C46H32N2O.C42H28N2S/c1-2-11-33-30-34(21-20-31(33)10-1)32-22-24-35(25-23-32)47(44-18-9-15-41-40-14-5-8-19-45(40)49-46(41)44)36-26-28-37(29-27-36)48-42-16-6-3-12-38(42)39-13-4-7-17-43(39)48;1-2-10-33-29-34(18-17-31(33)9-1)32-19-21-35(22-20-32)47(38-27-28-42-41-13-5-8-16-45(41)49-46(42)30-38)36-23-25-37(26-24-36)48-43-14-6-3-11-39(43)40-12-4-7-15-44(40)48;1-3-11-31(12-4-1)43(32-13-5-2-6-14-32)33-23-19-29(20-24-33)30-21-25-34(26-22-30)44-39-17-9-7-15-35(39)37-27-38-36-16-8-10-18-41(36)45-42(38)28-40(37)44/h1-30,40,45H;1-30,41,45H;1-28H. The molecule has 25 aromatic rings. The average molecular weight is 1850 g/mol. The largest absolute Gasteiger partial charge is 0.485 e. The molecule has 4 atom stereocenters. The van der Waals surface area contributed by atoms with Crippen molar-refractivity contribution < 1.29 is 9.47 Å². The van der Waals surface area contributed by atoms with Gasteiger partial charge in [-0.05, 0) is 261 Å². The number of para-hydroxylation sites is 8. The molecule has 4 aliphatic rings. The Morgan fingerprint density at radius 1 is 0.203 bits per heavy atom. The molecule has 0 N–H and O–H groups in total. The van der Waals surface area contributed by atoms with Crippen LogP contribution < -0.4 is 24.2 Å². The maximum absolute atomic E-state index is 6.70. The van der Waals surface area contributed by atoms with Crippen LogP contribution in [0.3, 0.4) is 0 Å². The number of benzene rings is 21. The number of anilines is 9. The third-order valence-electron chi connectivity index (χ3n) is 29.0. The Kier molecular flexibility index (Phi) is 20.9. The number of rotatable bonds is 15. The zero-order valence-corrected chi connectivity index (χ0v) is 78.8. The van der Waals surface area contributed by atoms with Crippen molar-refractivity contribution in [1.29, 1.82) is 0 Å². The lowest BCUT2D eigenvalue weighted by Crippen LogP contribution is -2.16. The topological polar surface area (TPSA) is 43.0 Å². The van der Waals surface area contributed by atoms with Gasteiger partial charge in [-0.15, -0.1) is 11.3 Å². The Labute approximate surface area is 832 Å². The number of fused-ring (bicyclic) bond motifs is 20. The normalized spacial score (nSPS) is 14.7. The van der Waals surface area contributed by atoms with E-state index >= 15 is 0 Å². The molecule has 0 spiro atoms. The quantitative estimate of drug-likeness (QED) is 0.102. The lowest BCUT2D eigenvalue weighted by atomic mass is 9.92. The molecule has 8 nitrogen and oxygen atoms in total. The van der Waals surface area contributed by atoms with Gasteiger partial charge in [0.2, 0.25) is 0 Å². The van der Waals surface area contributed by atoms with Crippen LogP contribution in [0.25, 0.3) is 158 Å². The van der Waals surface area contributed by atoms with Crippen LogP contribution in [0.15, 0.2) is 534 Å². The van der Waals surface area contributed by atoms with E-state index in [2.05, 4.69) is 562 Å². The van der Waals surface area contributed by atoms with Crippen LogP contribution in [-0.2, 0) is 0 Å². The van der Waals surface area contributed by atoms with Crippen LogP contribution in [0.2, 0.25) is 0 Å². The highest BCUT2D eigenvalue weighted by Gasteiger charge is 2.37. The Hall–Kier alpha value is -18.3. The fraction of sp³-hybridized carbons (Fsp3) is 0.0299. The van der Waals surface area contributed by atoms with Crippen LogP contribution in [0.1, 0.15) is 23.0 Å². The van der Waals surface area contributed by atoms with Crippen LogP contribution >= 0.6 is 11.3 Å². The first-order valence-corrected chi connectivity index (χ1v) is 49.9. The summed E-state index contributed by atoms with van der Waals surface area (Å²) in [6.07, 6.45) is 17.3. The van der Waals surface area contributed by atoms with Gasteiger partial charge in [-0.2, -0.15) is 0 Å². The van der Waals surface area contributed by atoms with Crippen LogP contribution in [0.5, 0.6) is 11.5 Å². The van der Waals surface area contributed by atoms with E-state index in [9.17, 15) is 0 Å². The Morgan fingerprint density at radius 3 is 1.04 bits per heavy atom. The second-order valence-corrected chi connectivity index (χ2v) is 38.3. The molecule has 21 aromatic carbocycles. The minimum atomic E-state index is 0.0101. The maximum atomic E-state index is 6.70. The summed E-state index contributed by atoms with van der Waals surface area (Å²) in [4.78, 5) is 6.96. The fourth-order valence-corrected chi connectivity index (χ4v) is 23.3. The van der Waals surface area contributed by atoms with Crippen molar-refractivity contribution in [3.63, 3.8) is 0 Å². The monoisotopic (exact) mass is 1850 g/mol. The number of nitrogens with zero attached hydrogens (tertiary/aromatic N) is 6. The summed E-state index contributed by atoms with van der Waals surface area (Å²) in [5, 5.41) is 15.3. The molecule has 0 fully saturated rings. The molecule has 2 aliphatic heterocycles. The van der Waals surface area contributed by atoms with Crippen molar-refractivity contribution in [2.24, 2.45) is 0 Å². The van der Waals surface area contributed by atoms with Gasteiger partial charge >= 0.3 is 0 Å². The van der Waals surface area contributed by atoms with E-state index in [-0.39, 0.29) is 24.0 Å². The van der Waals surface area contributed by atoms with Gasteiger partial charge in [0.1, 0.15) is 23.7 Å². The summed E-state index contributed by atoms with van der Waals surface area (Å²) in [6.45, 7) is 0. The average Bonchev–Trinajstić information content (AvgIpc) is 1.58. The molecule has 0 bridgehead atoms. The minimum Gasteiger partial charge on any atom is -0.485 e. The van der Waals surface area contributed by atoms with Gasteiger partial charge in [-0.25, -0.2) is 0 Å². The molecule has 0 saturated heterocycles. The van der Waals surface area contributed by atoms with Crippen LogP contribution in [-0.4, -0.2) is 25.9 Å². The molecule has 2 aliphatic carbocycles. The molecular formula is C134H92N6O2S. The van der Waals surface area contributed by atoms with E-state index in [0.717, 1.165) is 74.1 Å². The van der Waals surface area contributed by atoms with Crippen molar-refractivity contribution >= 4 is 170 Å². The van der Waals surface area contributed by atoms with Gasteiger partial charge in [0.15, 0.2) is 0 Å². The number of thiophene rings is 1. The van der Waals surface area contributed by atoms with Crippen LogP contribution in [0.4, 0.5) is 51.2 Å². The second kappa shape index (κ2) is 35.6. The Morgan fingerprint density at radius 2 is 0.552 bits per heavy atom. The number of hydrogen-bond acceptors (Lipinski definition) is 6. The van der Waals surface area contributed by atoms with Crippen molar-refractivity contribution in [3.05, 3.63) is 545 Å². The summed E-state index contributed by atoms with van der Waals surface area (Å²) in [6, 6.07) is 175. The van der Waals surface area contributed by atoms with Crippen molar-refractivity contribution in [2.45, 2.75) is 24.0 Å². The second-order valence-electron chi connectivity index (χ2n) is 37.3. The third kappa shape index (κ3) is 15.1. The molecule has 4 unspecified atom stereocenters. The molecule has 676 valence electrons. The first kappa shape index (κ1) is 84.0. The van der Waals surface area contributed by atoms with E-state index in [1.165, 1.54) is 157 Å². The number of hydrogen-bond donors (Lipinski definition) is 0. The summed E-state index contributed by atoms with van der Waals surface area (Å²) in [7, 11) is 0. The highest BCUT2D eigenvalue weighted by Crippen LogP contribution is 2.53. The molecule has 0 amide bonds. The Balaban J connectivity index is 0.000000107. The molecule has 0 saturated carbocycles. The molecular weight excluding hydrogens is 1760 g/mol. The Bertz CT molecular complexity index is 9210. The summed E-state index contributed by atoms with van der Waals surface area (Å²) < 4.78 is 23.0. The van der Waals surface area contributed by atoms with Gasteiger partial charge in [0.25, 0.3) is 0 Å². The van der Waals surface area contributed by atoms with Crippen LogP contribution in [0, 0.1) is 0 Å². The summed E-state index contributed by atoms with van der Waals surface area (Å²) in [5.74, 6) is 2.37. The van der Waals surface area contributed by atoms with Crippen molar-refractivity contribution in [2.75, 3.05) is 14.7 Å². The number of ether oxygens (including phenoxy) is 2. The van der Waals surface area contributed by atoms with Gasteiger partial charge in [0, 0.05) is 144 Å². The predicted molar refractivity (Wildman–Crippen MR) is 601 cm³/mol. The zero-order chi connectivity index (χ0) is 94.4. The summed E-state index contributed by atoms with van der Waals surface area (Å²) in [5.41, 5.74) is 30.2. The molecule has 29 rings (SSSR count). The number of allylic oxidation sites excluding steroid dienone is 4. The summed E-state index contributed by atoms with van der Waals surface area (Å²) >= 11 is 1.87. The molecule has 9 heteroatoms. The van der Waals surface area contributed by atoms with E-state index in [1.54, 1.807) is 0 Å². The van der Waals surface area contributed by atoms with E-state index in [0.29, 0.717) is 0 Å². The van der Waals surface area contributed by atoms with E-state index in [4.69, 9.17) is 9.47 Å². The SMILES string of the molecule is C1=CC2Oc3c(cccc3N(c3ccc(-c4ccc5ccccc5c4)cc3)c3ccc(-n4c5ccccc5c5ccccc54)cc3)C2C=C1.C1=CC2Oc3cc(N(c4ccc(-c5ccc6ccccc6c5)cc4)c4ccc(-n5c6ccccc6c6ccccc65)cc4)ccc3C2C=C1.c1ccc(N(c2ccccc2)c2ccc(-c3ccc(-n4c5ccccc5c5cc6c(cc54)sc4ccccc46)cc3)cc2)cc1.